The van der Waals surface area contributed by atoms with Gasteiger partial charge in [-0.15, -0.1) is 11.3 Å². The number of hydrogen-bond acceptors (Lipinski definition) is 3. The van der Waals surface area contributed by atoms with Crippen molar-refractivity contribution in [2.24, 2.45) is 0 Å². The van der Waals surface area contributed by atoms with Crippen LogP contribution in [0.3, 0.4) is 0 Å². The van der Waals surface area contributed by atoms with Crippen LogP contribution in [0, 0.1) is 0 Å². The van der Waals surface area contributed by atoms with E-state index in [9.17, 15) is 0 Å². The van der Waals surface area contributed by atoms with Gasteiger partial charge in [-0.05, 0) is 139 Å². The number of ether oxygens (including phenoxy) is 1. The van der Waals surface area contributed by atoms with E-state index in [1.54, 1.807) is 0 Å². The fourth-order valence-electron chi connectivity index (χ4n) is 13.7. The lowest BCUT2D eigenvalue weighted by molar-refractivity contribution is 0.436. The number of fused-ring (bicyclic) bond motifs is 15. The van der Waals surface area contributed by atoms with Crippen LogP contribution in [0.4, 0.5) is 17.1 Å². The summed E-state index contributed by atoms with van der Waals surface area (Å²) >= 11 is 1.86. The van der Waals surface area contributed by atoms with E-state index in [2.05, 4.69) is 290 Å². The van der Waals surface area contributed by atoms with Gasteiger partial charge < -0.3 is 9.64 Å². The molecular weight excluding hydrogens is 951 g/mol. The third-order valence-corrected chi connectivity index (χ3v) is 18.0. The van der Waals surface area contributed by atoms with Gasteiger partial charge in [0, 0.05) is 48.4 Å². The number of anilines is 3. The van der Waals surface area contributed by atoms with Gasteiger partial charge in [0.2, 0.25) is 0 Å². The molecule has 3 heteroatoms. The zero-order valence-electron chi connectivity index (χ0n) is 41.9. The third-order valence-electron chi connectivity index (χ3n) is 16.8. The second kappa shape index (κ2) is 17.0. The lowest BCUT2D eigenvalue weighted by Crippen LogP contribution is -2.32. The highest BCUT2D eigenvalue weighted by atomic mass is 32.1. The first kappa shape index (κ1) is 43.8. The molecule has 1 aromatic heterocycles. The molecule has 0 saturated carbocycles. The third kappa shape index (κ3) is 6.29. The van der Waals surface area contributed by atoms with Crippen LogP contribution in [0.15, 0.2) is 285 Å². The van der Waals surface area contributed by atoms with Crippen molar-refractivity contribution < 1.29 is 4.74 Å². The summed E-state index contributed by atoms with van der Waals surface area (Å²) < 4.78 is 9.56. The molecule has 2 nitrogen and oxygen atoms in total. The normalized spacial score (nSPS) is 13.8. The summed E-state index contributed by atoms with van der Waals surface area (Å²) in [5.74, 6) is 1.74. The summed E-state index contributed by atoms with van der Waals surface area (Å²) in [6.45, 7) is 0. The first-order chi connectivity index (χ1) is 38.2. The van der Waals surface area contributed by atoms with Crippen LogP contribution in [0.2, 0.25) is 0 Å². The molecule has 0 N–H and O–H groups in total. The molecule has 0 saturated heterocycles. The molecular formula is C74H47NOS. The molecule has 0 fully saturated rings. The average molecular weight is 998 g/mol. The largest absolute Gasteiger partial charge is 0.457 e. The Morgan fingerprint density at radius 2 is 0.779 bits per heavy atom. The van der Waals surface area contributed by atoms with E-state index >= 15 is 0 Å². The summed E-state index contributed by atoms with van der Waals surface area (Å²) in [7, 11) is 0. The molecule has 13 aromatic rings. The molecule has 0 atom stereocenters. The molecule has 0 bridgehead atoms. The first-order valence-electron chi connectivity index (χ1n) is 26.6. The van der Waals surface area contributed by atoms with E-state index in [1.165, 1.54) is 98.1 Å². The van der Waals surface area contributed by atoms with Gasteiger partial charge in [0.05, 0.1) is 10.8 Å². The fourth-order valence-corrected chi connectivity index (χ4v) is 14.8. The monoisotopic (exact) mass is 997 g/mol. The minimum atomic E-state index is -0.633. The van der Waals surface area contributed by atoms with E-state index in [4.69, 9.17) is 4.74 Å². The molecule has 0 radical (unpaired) electrons. The van der Waals surface area contributed by atoms with Gasteiger partial charge in [0.15, 0.2) is 0 Å². The quantitative estimate of drug-likeness (QED) is 0.158. The van der Waals surface area contributed by atoms with Gasteiger partial charge in [-0.2, -0.15) is 0 Å². The zero-order chi connectivity index (χ0) is 50.7. The van der Waals surface area contributed by atoms with Gasteiger partial charge in [-0.3, -0.25) is 0 Å². The van der Waals surface area contributed by atoms with Gasteiger partial charge >= 0.3 is 0 Å². The van der Waals surface area contributed by atoms with Crippen LogP contribution in [-0.4, -0.2) is 0 Å². The van der Waals surface area contributed by atoms with E-state index in [1.807, 2.05) is 11.3 Å². The summed E-state index contributed by atoms with van der Waals surface area (Å²) in [4.78, 5) is 2.50. The molecule has 1 spiro atoms. The van der Waals surface area contributed by atoms with E-state index < -0.39 is 10.8 Å². The van der Waals surface area contributed by atoms with Crippen LogP contribution < -0.4 is 9.64 Å². The number of nitrogens with zero attached hydrogens (tertiary/aromatic N) is 1. The molecule has 3 aliphatic rings. The first-order valence-corrected chi connectivity index (χ1v) is 27.4. The van der Waals surface area contributed by atoms with Gasteiger partial charge in [0.25, 0.3) is 0 Å². The Bertz CT molecular complexity index is 4400. The summed E-state index contributed by atoms with van der Waals surface area (Å²) in [6.07, 6.45) is 0. The SMILES string of the molecule is c1ccc(-c2ccc(C3(c4cccc(N(c5ccc6c(c5)C5(c7ccccc7O6)c6ccccc6-c6ccccc65)c5ccc6sc7cccc(-c8ccccc8)c7c6c5)c4)c4ccccc4-c4ccccc43)cc2)cc1. The molecule has 16 rings (SSSR count). The van der Waals surface area contributed by atoms with E-state index in [0.717, 1.165) is 39.7 Å². The maximum absolute atomic E-state index is 7.03. The second-order valence-corrected chi connectivity index (χ2v) is 21.7. The van der Waals surface area contributed by atoms with E-state index in [-0.39, 0.29) is 0 Å². The minimum absolute atomic E-state index is 0.628. The van der Waals surface area contributed by atoms with Gasteiger partial charge in [-0.1, -0.05) is 224 Å². The predicted molar refractivity (Wildman–Crippen MR) is 320 cm³/mol. The van der Waals surface area contributed by atoms with Crippen LogP contribution in [0.1, 0.15) is 44.5 Å². The van der Waals surface area contributed by atoms with Crippen molar-refractivity contribution in [3.8, 4) is 56.0 Å². The zero-order valence-corrected chi connectivity index (χ0v) is 42.7. The standard InChI is InChI=1S/C74H47NOS/c1-3-19-48(20-4-1)49-37-39-51(40-38-49)73(62-30-11-7-25-57(62)58-26-8-12-31-63(58)73)52-23-17-24-53(45-52)75(54-42-44-70-61(46-54)72-56(29-18-36-71(72)77-70)50-21-5-2-6-22-50)55-41-43-69-67(47-55)74(66-34-15-16-35-68(66)76-69)64-32-13-9-27-59(64)60-28-10-14-33-65(60)74/h1-47H. The Hall–Kier alpha value is -9.54. The van der Waals surface area contributed by atoms with Gasteiger partial charge in [-0.25, -0.2) is 0 Å². The smallest absolute Gasteiger partial charge is 0.132 e. The summed E-state index contributed by atoms with van der Waals surface area (Å²) in [5, 5.41) is 2.52. The summed E-state index contributed by atoms with van der Waals surface area (Å²) in [5.41, 5.74) is 21.6. The number of thiophene rings is 1. The van der Waals surface area contributed by atoms with Crippen molar-refractivity contribution in [2.75, 3.05) is 4.90 Å². The lowest BCUT2D eigenvalue weighted by Gasteiger charge is -2.40. The van der Waals surface area contributed by atoms with Crippen molar-refractivity contribution >= 4 is 48.6 Å². The molecule has 77 heavy (non-hydrogen) atoms. The second-order valence-electron chi connectivity index (χ2n) is 20.6. The number of benzene rings is 12. The Labute approximate surface area is 452 Å². The fraction of sp³-hybridized carbons (Fsp3) is 0.0270. The molecule has 12 aromatic carbocycles. The maximum Gasteiger partial charge on any atom is 0.132 e. The average Bonchev–Trinajstić information content (AvgIpc) is 4.33. The van der Waals surface area contributed by atoms with Crippen LogP contribution in [-0.2, 0) is 10.8 Å². The van der Waals surface area contributed by atoms with E-state index in [0.29, 0.717) is 0 Å². The number of rotatable bonds is 7. The molecule has 2 heterocycles. The van der Waals surface area contributed by atoms with Crippen LogP contribution >= 0.6 is 11.3 Å². The highest BCUT2D eigenvalue weighted by Crippen LogP contribution is 2.63. The lowest BCUT2D eigenvalue weighted by atomic mass is 9.66. The molecule has 1 aliphatic heterocycles. The molecule has 2 aliphatic carbocycles. The predicted octanol–water partition coefficient (Wildman–Crippen LogP) is 19.7. The van der Waals surface area contributed by atoms with Crippen LogP contribution in [0.5, 0.6) is 11.5 Å². The highest BCUT2D eigenvalue weighted by molar-refractivity contribution is 7.26. The maximum atomic E-state index is 7.03. The number of hydrogen-bond donors (Lipinski definition) is 0. The topological polar surface area (TPSA) is 12.5 Å². The van der Waals surface area contributed by atoms with Crippen molar-refractivity contribution in [3.63, 3.8) is 0 Å². The van der Waals surface area contributed by atoms with Crippen molar-refractivity contribution in [2.45, 2.75) is 10.8 Å². The minimum Gasteiger partial charge on any atom is -0.457 e. The highest BCUT2D eigenvalue weighted by Gasteiger charge is 2.51. The Balaban J connectivity index is 0.966. The molecule has 0 unspecified atom stereocenters. The van der Waals surface area contributed by atoms with Crippen LogP contribution in [0.25, 0.3) is 64.7 Å². The Kier molecular flexibility index (Phi) is 9.67. The Morgan fingerprint density at radius 3 is 1.44 bits per heavy atom. The summed E-state index contributed by atoms with van der Waals surface area (Å²) in [6, 6.07) is 106. The van der Waals surface area contributed by atoms with Gasteiger partial charge in [0.1, 0.15) is 11.5 Å². The number of para-hydroxylation sites is 1. The van der Waals surface area contributed by atoms with Crippen molar-refractivity contribution in [3.05, 3.63) is 330 Å². The molecule has 0 amide bonds. The van der Waals surface area contributed by atoms with Crippen molar-refractivity contribution in [1.29, 1.82) is 0 Å². The van der Waals surface area contributed by atoms with Crippen molar-refractivity contribution in [1.82, 2.24) is 0 Å². The Morgan fingerprint density at radius 1 is 0.286 bits per heavy atom. The molecule has 360 valence electrons.